The Morgan fingerprint density at radius 2 is 1.78 bits per heavy atom. The van der Waals surface area contributed by atoms with Crippen LogP contribution in [0.3, 0.4) is 0 Å². The number of sulfonamides is 1. The Morgan fingerprint density at radius 3 is 2.43 bits per heavy atom. The number of halogens is 1. The Hall–Kier alpha value is -2.68. The molecule has 0 aliphatic heterocycles. The summed E-state index contributed by atoms with van der Waals surface area (Å²) in [6, 6.07) is 10.6. The summed E-state index contributed by atoms with van der Waals surface area (Å²) in [5.74, 6) is -0.508. The van der Waals surface area contributed by atoms with Crippen LogP contribution in [0.25, 0.3) is 0 Å². The van der Waals surface area contributed by atoms with Gasteiger partial charge in [-0.25, -0.2) is 12.8 Å². The van der Waals surface area contributed by atoms with Gasteiger partial charge < -0.3 is 4.74 Å². The molecule has 0 radical (unpaired) electrons. The highest BCUT2D eigenvalue weighted by Gasteiger charge is 2.18. The van der Waals surface area contributed by atoms with E-state index in [0.29, 0.717) is 5.75 Å². The highest BCUT2D eigenvalue weighted by molar-refractivity contribution is 7.92. The van der Waals surface area contributed by atoms with E-state index >= 15 is 0 Å². The first kappa shape index (κ1) is 16.7. The highest BCUT2D eigenvalue weighted by Crippen LogP contribution is 2.24. The number of anilines is 1. The van der Waals surface area contributed by atoms with Crippen LogP contribution in [0, 0.1) is 15.9 Å². The number of rotatable bonds is 7. The predicted molar refractivity (Wildman–Crippen MR) is 82.4 cm³/mol. The van der Waals surface area contributed by atoms with Gasteiger partial charge in [-0.3, -0.25) is 14.8 Å². The van der Waals surface area contributed by atoms with Crippen molar-refractivity contribution in [1.82, 2.24) is 0 Å². The molecule has 2 aromatic carbocycles. The fraction of sp³-hybridized carbons (Fsp3) is 0.143. The normalized spacial score (nSPS) is 11.0. The molecule has 0 aliphatic rings. The zero-order valence-electron chi connectivity index (χ0n) is 11.8. The molecule has 122 valence electrons. The van der Waals surface area contributed by atoms with Crippen molar-refractivity contribution in [2.45, 2.75) is 0 Å². The number of nitro benzene ring substituents is 1. The molecule has 2 rings (SSSR count). The van der Waals surface area contributed by atoms with E-state index in [2.05, 4.69) is 4.72 Å². The number of benzene rings is 2. The zero-order valence-corrected chi connectivity index (χ0v) is 12.6. The second kappa shape index (κ2) is 7.05. The van der Waals surface area contributed by atoms with Crippen LogP contribution in [0.5, 0.6) is 5.75 Å². The molecule has 0 heterocycles. The molecule has 1 N–H and O–H groups in total. The van der Waals surface area contributed by atoms with Crippen LogP contribution < -0.4 is 9.46 Å². The van der Waals surface area contributed by atoms with Crippen molar-refractivity contribution in [3.63, 3.8) is 0 Å². The molecule has 0 fully saturated rings. The molecule has 9 heteroatoms. The molecule has 0 aromatic heterocycles. The van der Waals surface area contributed by atoms with Gasteiger partial charge in [-0.2, -0.15) is 0 Å². The number of ether oxygens (including phenoxy) is 1. The molecule has 0 saturated heterocycles. The summed E-state index contributed by atoms with van der Waals surface area (Å²) in [6.45, 7) is -0.179. The fourth-order valence-corrected chi connectivity index (χ4v) is 2.65. The molecule has 0 spiro atoms. The monoisotopic (exact) mass is 340 g/mol. The molecule has 23 heavy (non-hydrogen) atoms. The smallest absolute Gasteiger partial charge is 0.293 e. The Labute approximate surface area is 131 Å². The van der Waals surface area contributed by atoms with Crippen LogP contribution in [0.1, 0.15) is 0 Å². The third kappa shape index (κ3) is 4.92. The topological polar surface area (TPSA) is 98.5 Å². The lowest BCUT2D eigenvalue weighted by Gasteiger charge is -2.09. The Morgan fingerprint density at radius 1 is 1.13 bits per heavy atom. The van der Waals surface area contributed by atoms with Crippen LogP contribution >= 0.6 is 0 Å². The van der Waals surface area contributed by atoms with Gasteiger partial charge in [0.05, 0.1) is 4.92 Å². The first-order chi connectivity index (χ1) is 10.9. The molecule has 0 saturated carbocycles. The highest BCUT2D eigenvalue weighted by atomic mass is 32.2. The number of hydrogen-bond acceptors (Lipinski definition) is 5. The largest absolute Gasteiger partial charge is 0.492 e. The van der Waals surface area contributed by atoms with Crippen molar-refractivity contribution in [1.29, 1.82) is 0 Å². The van der Waals surface area contributed by atoms with Crippen molar-refractivity contribution < 1.29 is 22.5 Å². The maximum Gasteiger partial charge on any atom is 0.293 e. The Kier molecular flexibility index (Phi) is 5.12. The molecule has 2 aromatic rings. The molecular weight excluding hydrogens is 327 g/mol. The quantitative estimate of drug-likeness (QED) is 0.617. The van der Waals surface area contributed by atoms with Gasteiger partial charge in [0.1, 0.15) is 29.6 Å². The van der Waals surface area contributed by atoms with Gasteiger partial charge >= 0.3 is 0 Å². The summed E-state index contributed by atoms with van der Waals surface area (Å²) in [4.78, 5) is 10.2. The average molecular weight is 340 g/mol. The van der Waals surface area contributed by atoms with E-state index in [1.54, 1.807) is 0 Å². The van der Waals surface area contributed by atoms with Gasteiger partial charge in [-0.15, -0.1) is 0 Å². The second-order valence-electron chi connectivity index (χ2n) is 4.50. The fourth-order valence-electron chi connectivity index (χ4n) is 1.74. The Bertz CT molecular complexity index is 793. The van der Waals surface area contributed by atoms with Gasteiger partial charge in [-0.05, 0) is 30.3 Å². The number of nitro groups is 1. The van der Waals surface area contributed by atoms with Crippen molar-refractivity contribution in [3.05, 3.63) is 64.5 Å². The average Bonchev–Trinajstić information content (AvgIpc) is 2.49. The Balaban J connectivity index is 1.97. The van der Waals surface area contributed by atoms with Crippen LogP contribution in [0.4, 0.5) is 15.8 Å². The van der Waals surface area contributed by atoms with Crippen molar-refractivity contribution >= 4 is 21.4 Å². The van der Waals surface area contributed by atoms with E-state index < -0.39 is 26.5 Å². The summed E-state index contributed by atoms with van der Waals surface area (Å²) in [6.07, 6.45) is 0. The standard InChI is InChI=1S/C14H13FN2O5S/c15-11-5-7-12(8-6-11)22-9-10-23(20,21)16-13-3-1-2-4-14(13)17(18)19/h1-8,16H,9-10H2. The molecular formula is C14H13FN2O5S. The van der Waals surface area contributed by atoms with Crippen molar-refractivity contribution in [2.24, 2.45) is 0 Å². The molecule has 0 aliphatic carbocycles. The molecule has 0 bridgehead atoms. The van der Waals surface area contributed by atoms with Gasteiger partial charge in [0, 0.05) is 6.07 Å². The maximum absolute atomic E-state index is 12.7. The number of nitrogens with one attached hydrogen (secondary N) is 1. The summed E-state index contributed by atoms with van der Waals surface area (Å²) < 4.78 is 44.0. The van der Waals surface area contributed by atoms with Gasteiger partial charge in [0.25, 0.3) is 5.69 Å². The minimum atomic E-state index is -3.82. The van der Waals surface area contributed by atoms with Crippen molar-refractivity contribution in [2.75, 3.05) is 17.1 Å². The third-order valence-electron chi connectivity index (χ3n) is 2.80. The lowest BCUT2D eigenvalue weighted by Crippen LogP contribution is -2.21. The maximum atomic E-state index is 12.7. The summed E-state index contributed by atoms with van der Waals surface area (Å²) in [5, 5.41) is 10.8. The van der Waals surface area contributed by atoms with E-state index in [0.717, 1.165) is 0 Å². The minimum absolute atomic E-state index is 0.112. The first-order valence-electron chi connectivity index (χ1n) is 6.50. The van der Waals surface area contributed by atoms with Crippen molar-refractivity contribution in [3.8, 4) is 5.75 Å². The first-order valence-corrected chi connectivity index (χ1v) is 8.15. The van der Waals surface area contributed by atoms with Crippen LogP contribution in [0.2, 0.25) is 0 Å². The van der Waals surface area contributed by atoms with Crippen LogP contribution in [0.15, 0.2) is 48.5 Å². The number of hydrogen-bond donors (Lipinski definition) is 1. The van der Waals surface area contributed by atoms with E-state index in [1.165, 1.54) is 48.5 Å². The molecule has 0 unspecified atom stereocenters. The van der Waals surface area contributed by atoms with E-state index in [4.69, 9.17) is 4.74 Å². The lowest BCUT2D eigenvalue weighted by molar-refractivity contribution is -0.383. The SMILES string of the molecule is O=[N+]([O-])c1ccccc1NS(=O)(=O)CCOc1ccc(F)cc1. The summed E-state index contributed by atoms with van der Waals surface area (Å²) >= 11 is 0. The van der Waals surface area contributed by atoms with E-state index in [-0.39, 0.29) is 18.0 Å². The lowest BCUT2D eigenvalue weighted by atomic mass is 10.3. The minimum Gasteiger partial charge on any atom is -0.492 e. The van der Waals surface area contributed by atoms with Gasteiger partial charge in [0.15, 0.2) is 0 Å². The second-order valence-corrected chi connectivity index (χ2v) is 6.34. The summed E-state index contributed by atoms with van der Waals surface area (Å²) in [7, 11) is -3.82. The summed E-state index contributed by atoms with van der Waals surface area (Å²) in [5.41, 5.74) is -0.449. The predicted octanol–water partition coefficient (Wildman–Crippen LogP) is 2.55. The van der Waals surface area contributed by atoms with Gasteiger partial charge in [-0.1, -0.05) is 12.1 Å². The zero-order chi connectivity index (χ0) is 16.9. The van der Waals surface area contributed by atoms with E-state index in [9.17, 15) is 22.9 Å². The molecule has 0 atom stereocenters. The molecule has 0 amide bonds. The van der Waals surface area contributed by atoms with E-state index in [1.807, 2.05) is 0 Å². The van der Waals surface area contributed by atoms with Crippen LogP contribution in [-0.2, 0) is 10.0 Å². The number of nitrogens with zero attached hydrogens (tertiary/aromatic N) is 1. The van der Waals surface area contributed by atoms with Gasteiger partial charge in [0.2, 0.25) is 10.0 Å². The number of para-hydroxylation sites is 2. The third-order valence-corrected chi connectivity index (χ3v) is 4.04. The van der Waals surface area contributed by atoms with Crippen LogP contribution in [-0.4, -0.2) is 25.7 Å². The molecule has 7 nitrogen and oxygen atoms in total.